The number of nitrogens with zero attached hydrogens (tertiary/aromatic N) is 5. The van der Waals surface area contributed by atoms with E-state index in [0.717, 1.165) is 46.8 Å². The number of anilines is 1. The summed E-state index contributed by atoms with van der Waals surface area (Å²) in [6, 6.07) is 11.3. The fourth-order valence-electron chi connectivity index (χ4n) is 4.21. The number of benzene rings is 2. The van der Waals surface area contributed by atoms with Gasteiger partial charge in [0.25, 0.3) is 0 Å². The smallest absolute Gasteiger partial charge is 0.226 e. The van der Waals surface area contributed by atoms with Crippen molar-refractivity contribution in [3.8, 4) is 0 Å². The average Bonchev–Trinajstić information content (AvgIpc) is 3.35. The summed E-state index contributed by atoms with van der Waals surface area (Å²) in [6.45, 7) is 5.10. The molecule has 0 radical (unpaired) electrons. The Kier molecular flexibility index (Phi) is 4.00. The standard InChI is InChI=1S/C22H22FN5/c1-14(2)28-21-17(13-25-28)9-8-16-12-24-22(26-20(16)21)27-10-4-7-19(27)15-5-3-6-18(23)11-15/h3,5-6,8-9,11-14,19H,4,7,10H2,1-2H3/t19-/m1/s1. The summed E-state index contributed by atoms with van der Waals surface area (Å²) in [5.74, 6) is 0.495. The predicted octanol–water partition coefficient (Wildman–Crippen LogP) is 5.04. The fourth-order valence-corrected chi connectivity index (χ4v) is 4.21. The molecule has 0 aliphatic carbocycles. The van der Waals surface area contributed by atoms with Crippen LogP contribution < -0.4 is 4.90 Å². The molecular weight excluding hydrogens is 353 g/mol. The molecule has 0 spiro atoms. The molecule has 3 heterocycles. The zero-order chi connectivity index (χ0) is 19.3. The van der Waals surface area contributed by atoms with E-state index in [1.165, 1.54) is 6.07 Å². The van der Waals surface area contributed by atoms with Gasteiger partial charge in [0.1, 0.15) is 11.3 Å². The van der Waals surface area contributed by atoms with E-state index in [2.05, 4.69) is 34.9 Å². The Balaban J connectivity index is 1.64. The first kappa shape index (κ1) is 17.1. The molecule has 1 aliphatic rings. The van der Waals surface area contributed by atoms with Crippen LogP contribution in [-0.2, 0) is 0 Å². The highest BCUT2D eigenvalue weighted by Crippen LogP contribution is 2.36. The molecule has 1 aliphatic heterocycles. The van der Waals surface area contributed by atoms with E-state index >= 15 is 0 Å². The van der Waals surface area contributed by atoms with Crippen LogP contribution in [0.15, 0.2) is 48.8 Å². The summed E-state index contributed by atoms with van der Waals surface area (Å²) in [5.41, 5.74) is 2.93. The van der Waals surface area contributed by atoms with Crippen LogP contribution in [0.1, 0.15) is 44.3 Å². The molecule has 5 nitrogen and oxygen atoms in total. The van der Waals surface area contributed by atoms with Gasteiger partial charge >= 0.3 is 0 Å². The highest BCUT2D eigenvalue weighted by atomic mass is 19.1. The third kappa shape index (κ3) is 2.71. The molecule has 1 atom stereocenters. The molecule has 0 N–H and O–H groups in total. The van der Waals surface area contributed by atoms with Gasteiger partial charge in [-0.3, -0.25) is 4.68 Å². The highest BCUT2D eigenvalue weighted by molar-refractivity contribution is 6.03. The van der Waals surface area contributed by atoms with E-state index in [4.69, 9.17) is 4.98 Å². The van der Waals surface area contributed by atoms with E-state index < -0.39 is 0 Å². The van der Waals surface area contributed by atoms with Gasteiger partial charge in [0.15, 0.2) is 0 Å². The van der Waals surface area contributed by atoms with Gasteiger partial charge in [0, 0.05) is 29.6 Å². The van der Waals surface area contributed by atoms with Gasteiger partial charge < -0.3 is 4.90 Å². The van der Waals surface area contributed by atoms with E-state index in [-0.39, 0.29) is 17.9 Å². The van der Waals surface area contributed by atoms with Gasteiger partial charge in [-0.1, -0.05) is 24.3 Å². The lowest BCUT2D eigenvalue weighted by Crippen LogP contribution is -2.24. The first-order valence-corrected chi connectivity index (χ1v) is 9.77. The molecule has 2 aromatic heterocycles. The third-order valence-electron chi connectivity index (χ3n) is 5.53. The first-order chi connectivity index (χ1) is 13.6. The van der Waals surface area contributed by atoms with Crippen LogP contribution in [-0.4, -0.2) is 26.3 Å². The van der Waals surface area contributed by atoms with Gasteiger partial charge in [0.2, 0.25) is 5.95 Å². The van der Waals surface area contributed by atoms with Crippen LogP contribution in [0, 0.1) is 5.82 Å². The van der Waals surface area contributed by atoms with Crippen LogP contribution in [0.4, 0.5) is 10.3 Å². The average molecular weight is 375 g/mol. The quantitative estimate of drug-likeness (QED) is 0.503. The molecule has 0 unspecified atom stereocenters. The van der Waals surface area contributed by atoms with Crippen molar-refractivity contribution >= 4 is 27.8 Å². The predicted molar refractivity (Wildman–Crippen MR) is 109 cm³/mol. The Labute approximate surface area is 162 Å². The molecule has 1 saturated heterocycles. The number of aromatic nitrogens is 4. The molecule has 1 fully saturated rings. The molecular formula is C22H22FN5. The van der Waals surface area contributed by atoms with Crippen molar-refractivity contribution in [2.45, 2.75) is 38.8 Å². The van der Waals surface area contributed by atoms with Crippen LogP contribution >= 0.6 is 0 Å². The second kappa shape index (κ2) is 6.55. The number of halogens is 1. The first-order valence-electron chi connectivity index (χ1n) is 9.77. The Bertz CT molecular complexity index is 1170. The second-order valence-electron chi connectivity index (χ2n) is 7.70. The molecule has 5 rings (SSSR count). The Hall–Kier alpha value is -3.02. The van der Waals surface area contributed by atoms with Crippen LogP contribution in [0.2, 0.25) is 0 Å². The van der Waals surface area contributed by atoms with Gasteiger partial charge in [-0.05, 0) is 44.4 Å². The minimum atomic E-state index is -0.202. The number of fused-ring (bicyclic) bond motifs is 3. The Morgan fingerprint density at radius 2 is 1.96 bits per heavy atom. The Morgan fingerprint density at radius 1 is 1.11 bits per heavy atom. The lowest BCUT2D eigenvalue weighted by Gasteiger charge is -2.25. The lowest BCUT2D eigenvalue weighted by atomic mass is 10.0. The maximum absolute atomic E-state index is 13.8. The molecule has 0 bridgehead atoms. The largest absolute Gasteiger partial charge is 0.334 e. The summed E-state index contributed by atoms with van der Waals surface area (Å²) in [6.07, 6.45) is 5.79. The van der Waals surface area contributed by atoms with Crippen LogP contribution in [0.3, 0.4) is 0 Å². The lowest BCUT2D eigenvalue weighted by molar-refractivity contribution is 0.551. The molecule has 0 saturated carbocycles. The maximum Gasteiger partial charge on any atom is 0.226 e. The topological polar surface area (TPSA) is 46.8 Å². The van der Waals surface area contributed by atoms with Gasteiger partial charge in [-0.25, -0.2) is 14.4 Å². The molecule has 2 aromatic carbocycles. The fraction of sp³-hybridized carbons (Fsp3) is 0.318. The summed E-state index contributed by atoms with van der Waals surface area (Å²) in [4.78, 5) is 11.8. The molecule has 4 aromatic rings. The van der Waals surface area contributed by atoms with Crippen molar-refractivity contribution < 1.29 is 4.39 Å². The highest BCUT2D eigenvalue weighted by Gasteiger charge is 2.28. The van der Waals surface area contributed by atoms with Crippen molar-refractivity contribution in [3.63, 3.8) is 0 Å². The van der Waals surface area contributed by atoms with Crippen molar-refractivity contribution in [1.82, 2.24) is 19.7 Å². The summed E-state index contributed by atoms with van der Waals surface area (Å²) in [7, 11) is 0. The van der Waals surface area contributed by atoms with Gasteiger partial charge in [-0.15, -0.1) is 0 Å². The zero-order valence-electron chi connectivity index (χ0n) is 16.0. The minimum Gasteiger partial charge on any atom is -0.334 e. The number of hydrogen-bond donors (Lipinski definition) is 0. The molecule has 142 valence electrons. The molecule has 6 heteroatoms. The third-order valence-corrected chi connectivity index (χ3v) is 5.53. The van der Waals surface area contributed by atoms with Crippen LogP contribution in [0.25, 0.3) is 21.8 Å². The van der Waals surface area contributed by atoms with E-state index in [0.29, 0.717) is 5.95 Å². The molecule has 28 heavy (non-hydrogen) atoms. The second-order valence-corrected chi connectivity index (χ2v) is 7.70. The normalized spacial score (nSPS) is 17.3. The van der Waals surface area contributed by atoms with Crippen molar-refractivity contribution in [2.24, 2.45) is 0 Å². The minimum absolute atomic E-state index is 0.0994. The van der Waals surface area contributed by atoms with Crippen molar-refractivity contribution in [2.75, 3.05) is 11.4 Å². The van der Waals surface area contributed by atoms with Gasteiger partial charge in [0.05, 0.1) is 17.8 Å². The van der Waals surface area contributed by atoms with Crippen molar-refractivity contribution in [3.05, 3.63) is 60.2 Å². The number of hydrogen-bond acceptors (Lipinski definition) is 4. The Morgan fingerprint density at radius 3 is 2.79 bits per heavy atom. The summed E-state index contributed by atoms with van der Waals surface area (Å²) in [5, 5.41) is 6.62. The summed E-state index contributed by atoms with van der Waals surface area (Å²) >= 11 is 0. The van der Waals surface area contributed by atoms with E-state index in [9.17, 15) is 4.39 Å². The maximum atomic E-state index is 13.8. The molecule has 0 amide bonds. The van der Waals surface area contributed by atoms with E-state index in [1.807, 2.05) is 29.2 Å². The van der Waals surface area contributed by atoms with Gasteiger partial charge in [-0.2, -0.15) is 5.10 Å². The SMILES string of the molecule is CC(C)n1ncc2ccc3cnc(N4CCC[C@@H]4c4cccc(F)c4)nc3c21. The van der Waals surface area contributed by atoms with Crippen LogP contribution in [0.5, 0.6) is 0 Å². The summed E-state index contributed by atoms with van der Waals surface area (Å²) < 4.78 is 15.8. The van der Waals surface area contributed by atoms with Crippen molar-refractivity contribution in [1.29, 1.82) is 0 Å². The number of rotatable bonds is 3. The monoisotopic (exact) mass is 375 g/mol. The zero-order valence-corrected chi connectivity index (χ0v) is 16.0. The van der Waals surface area contributed by atoms with E-state index in [1.54, 1.807) is 12.1 Å².